The molecule has 0 unspecified atom stereocenters. The first-order valence-corrected chi connectivity index (χ1v) is 7.35. The first kappa shape index (κ1) is 13.8. The van der Waals surface area contributed by atoms with Crippen LogP contribution in [0.25, 0.3) is 0 Å². The molecule has 0 aromatic heterocycles. The molecule has 0 aromatic rings. The summed E-state index contributed by atoms with van der Waals surface area (Å²) in [6.07, 6.45) is 6.65. The van der Waals surface area contributed by atoms with Gasteiger partial charge in [0, 0.05) is 26.2 Å². The number of amides is 1. The third-order valence-corrected chi connectivity index (χ3v) is 4.07. The summed E-state index contributed by atoms with van der Waals surface area (Å²) in [4.78, 5) is 16.2. The third kappa shape index (κ3) is 3.45. The molecule has 2 heterocycles. The van der Waals surface area contributed by atoms with Crippen LogP contribution in [0.1, 0.15) is 45.4 Å². The monoisotopic (exact) mass is 254 g/mol. The van der Waals surface area contributed by atoms with E-state index in [4.69, 9.17) is 0 Å². The van der Waals surface area contributed by atoms with E-state index in [1.807, 2.05) is 4.90 Å². The standard InChI is InChI=1S/C14H26N2O2/c1-2-7-14(18)11-15(12-14)10-13(17)16-8-5-3-4-6-9-16/h18H,2-12H2,1H3. The van der Waals surface area contributed by atoms with Crippen molar-refractivity contribution in [1.82, 2.24) is 9.80 Å². The highest BCUT2D eigenvalue weighted by molar-refractivity contribution is 5.78. The molecule has 0 saturated carbocycles. The minimum Gasteiger partial charge on any atom is -0.387 e. The van der Waals surface area contributed by atoms with Gasteiger partial charge in [0.05, 0.1) is 12.1 Å². The molecule has 1 amide bonds. The van der Waals surface area contributed by atoms with Crippen LogP contribution in [0.15, 0.2) is 0 Å². The summed E-state index contributed by atoms with van der Waals surface area (Å²) in [5.74, 6) is 0.246. The average Bonchev–Trinajstić information content (AvgIpc) is 2.55. The lowest BCUT2D eigenvalue weighted by molar-refractivity contribution is -0.142. The number of carbonyl (C=O) groups excluding carboxylic acids is 1. The van der Waals surface area contributed by atoms with Crippen molar-refractivity contribution in [2.45, 2.75) is 51.0 Å². The van der Waals surface area contributed by atoms with E-state index in [1.54, 1.807) is 0 Å². The van der Waals surface area contributed by atoms with Gasteiger partial charge in [0.1, 0.15) is 0 Å². The van der Waals surface area contributed by atoms with Crippen LogP contribution in [0.2, 0.25) is 0 Å². The van der Waals surface area contributed by atoms with E-state index in [1.165, 1.54) is 12.8 Å². The van der Waals surface area contributed by atoms with Crippen molar-refractivity contribution in [1.29, 1.82) is 0 Å². The molecule has 2 rings (SSSR count). The van der Waals surface area contributed by atoms with Crippen molar-refractivity contribution < 1.29 is 9.90 Å². The molecule has 104 valence electrons. The van der Waals surface area contributed by atoms with Crippen molar-refractivity contribution in [2.75, 3.05) is 32.7 Å². The van der Waals surface area contributed by atoms with Crippen LogP contribution in [0, 0.1) is 0 Å². The Balaban J connectivity index is 1.72. The highest BCUT2D eigenvalue weighted by Crippen LogP contribution is 2.25. The van der Waals surface area contributed by atoms with Gasteiger partial charge in [-0.2, -0.15) is 0 Å². The summed E-state index contributed by atoms with van der Waals surface area (Å²) in [7, 11) is 0. The maximum Gasteiger partial charge on any atom is 0.236 e. The molecule has 2 aliphatic rings. The van der Waals surface area contributed by atoms with Crippen LogP contribution in [0.4, 0.5) is 0 Å². The van der Waals surface area contributed by atoms with Crippen LogP contribution in [-0.4, -0.2) is 59.1 Å². The Kier molecular flexibility index (Phi) is 4.62. The van der Waals surface area contributed by atoms with Crippen LogP contribution in [-0.2, 0) is 4.79 Å². The van der Waals surface area contributed by atoms with Crippen molar-refractivity contribution in [2.24, 2.45) is 0 Å². The second-order valence-corrected chi connectivity index (χ2v) is 5.91. The van der Waals surface area contributed by atoms with E-state index in [0.29, 0.717) is 19.6 Å². The molecule has 0 spiro atoms. The van der Waals surface area contributed by atoms with Gasteiger partial charge < -0.3 is 10.0 Å². The van der Waals surface area contributed by atoms with Gasteiger partial charge in [-0.15, -0.1) is 0 Å². The van der Waals surface area contributed by atoms with Gasteiger partial charge in [-0.1, -0.05) is 26.2 Å². The number of hydrogen-bond acceptors (Lipinski definition) is 3. The summed E-state index contributed by atoms with van der Waals surface area (Å²) in [5, 5.41) is 10.1. The van der Waals surface area contributed by atoms with Gasteiger partial charge in [-0.3, -0.25) is 9.69 Å². The number of nitrogens with zero attached hydrogens (tertiary/aromatic N) is 2. The molecule has 0 aliphatic carbocycles. The van der Waals surface area contributed by atoms with Gasteiger partial charge in [0.2, 0.25) is 5.91 Å². The Hall–Kier alpha value is -0.610. The Labute approximate surface area is 110 Å². The fourth-order valence-electron chi connectivity index (χ4n) is 3.13. The fraction of sp³-hybridized carbons (Fsp3) is 0.929. The van der Waals surface area contributed by atoms with Gasteiger partial charge >= 0.3 is 0 Å². The Morgan fingerprint density at radius 1 is 1.17 bits per heavy atom. The number of hydrogen-bond donors (Lipinski definition) is 1. The fourth-order valence-corrected chi connectivity index (χ4v) is 3.13. The van der Waals surface area contributed by atoms with Crippen molar-refractivity contribution in [3.63, 3.8) is 0 Å². The maximum absolute atomic E-state index is 12.1. The van der Waals surface area contributed by atoms with E-state index >= 15 is 0 Å². The Bertz CT molecular complexity index is 280. The number of rotatable bonds is 4. The van der Waals surface area contributed by atoms with E-state index in [0.717, 1.165) is 38.8 Å². The van der Waals surface area contributed by atoms with Crippen molar-refractivity contribution in [3.8, 4) is 0 Å². The van der Waals surface area contributed by atoms with Crippen LogP contribution >= 0.6 is 0 Å². The number of likely N-dealkylation sites (tertiary alicyclic amines) is 2. The zero-order chi connectivity index (χ0) is 13.0. The SMILES string of the molecule is CCCC1(O)CN(CC(=O)N2CCCCCC2)C1. The maximum atomic E-state index is 12.1. The summed E-state index contributed by atoms with van der Waals surface area (Å²) >= 11 is 0. The lowest BCUT2D eigenvalue weighted by Crippen LogP contribution is -2.63. The van der Waals surface area contributed by atoms with Gasteiger partial charge in [-0.25, -0.2) is 0 Å². The highest BCUT2D eigenvalue weighted by atomic mass is 16.3. The largest absolute Gasteiger partial charge is 0.387 e. The molecule has 2 saturated heterocycles. The lowest BCUT2D eigenvalue weighted by Gasteiger charge is -2.46. The van der Waals surface area contributed by atoms with Gasteiger partial charge in [-0.05, 0) is 19.3 Å². The lowest BCUT2D eigenvalue weighted by atomic mass is 9.89. The summed E-state index contributed by atoms with van der Waals surface area (Å²) in [6.45, 7) is 5.76. The molecule has 2 aliphatic heterocycles. The molecule has 0 aromatic carbocycles. The minimum absolute atomic E-state index is 0.246. The van der Waals surface area contributed by atoms with E-state index in [2.05, 4.69) is 11.8 Å². The van der Waals surface area contributed by atoms with Gasteiger partial charge in [0.25, 0.3) is 0 Å². The summed E-state index contributed by atoms with van der Waals surface area (Å²) < 4.78 is 0. The number of carbonyl (C=O) groups is 1. The smallest absolute Gasteiger partial charge is 0.236 e. The molecule has 1 N–H and O–H groups in total. The zero-order valence-electron chi connectivity index (χ0n) is 11.5. The van der Waals surface area contributed by atoms with Crippen molar-refractivity contribution >= 4 is 5.91 Å². The minimum atomic E-state index is -0.520. The first-order chi connectivity index (χ1) is 8.63. The van der Waals surface area contributed by atoms with Crippen molar-refractivity contribution in [3.05, 3.63) is 0 Å². The molecule has 0 bridgehead atoms. The summed E-state index contributed by atoms with van der Waals surface area (Å²) in [5.41, 5.74) is -0.520. The molecule has 4 heteroatoms. The van der Waals surface area contributed by atoms with Crippen LogP contribution in [0.3, 0.4) is 0 Å². The highest BCUT2D eigenvalue weighted by Gasteiger charge is 2.41. The molecular formula is C14H26N2O2. The van der Waals surface area contributed by atoms with Gasteiger partial charge in [0.15, 0.2) is 0 Å². The molecule has 4 nitrogen and oxygen atoms in total. The normalized spacial score (nSPS) is 24.4. The second-order valence-electron chi connectivity index (χ2n) is 5.91. The molecular weight excluding hydrogens is 228 g/mol. The van der Waals surface area contributed by atoms with E-state index in [9.17, 15) is 9.90 Å². The predicted octanol–water partition coefficient (Wildman–Crippen LogP) is 1.24. The first-order valence-electron chi connectivity index (χ1n) is 7.35. The van der Waals surface area contributed by atoms with Crippen LogP contribution < -0.4 is 0 Å². The van der Waals surface area contributed by atoms with E-state index < -0.39 is 5.60 Å². The second kappa shape index (κ2) is 6.02. The predicted molar refractivity (Wildman–Crippen MR) is 71.3 cm³/mol. The topological polar surface area (TPSA) is 43.8 Å². The summed E-state index contributed by atoms with van der Waals surface area (Å²) in [6, 6.07) is 0. The average molecular weight is 254 g/mol. The Morgan fingerprint density at radius 3 is 2.33 bits per heavy atom. The van der Waals surface area contributed by atoms with E-state index in [-0.39, 0.29) is 5.91 Å². The molecule has 0 atom stereocenters. The molecule has 2 fully saturated rings. The number of aliphatic hydroxyl groups is 1. The Morgan fingerprint density at radius 2 is 1.78 bits per heavy atom. The zero-order valence-corrected chi connectivity index (χ0v) is 11.5. The van der Waals surface area contributed by atoms with Crippen LogP contribution in [0.5, 0.6) is 0 Å². The quantitative estimate of drug-likeness (QED) is 0.821. The molecule has 18 heavy (non-hydrogen) atoms. The third-order valence-electron chi connectivity index (χ3n) is 4.07. The molecule has 0 radical (unpaired) electrons. The number of β-amino-alcohol motifs (C(OH)–C–C–N with tert-alkyl or cyclic N) is 1.